The van der Waals surface area contributed by atoms with E-state index in [1.165, 1.54) is 19.2 Å². The Balaban J connectivity index is 1.63. The zero-order valence-corrected chi connectivity index (χ0v) is 32.0. The van der Waals surface area contributed by atoms with Crippen LogP contribution >= 0.6 is 0 Å². The highest BCUT2D eigenvalue weighted by Gasteiger charge is 2.33. The molecule has 4 unspecified atom stereocenters. The SMILES string of the molecule is CN(CC(N)=O)C(=O)C(Cc1c[nH]c2ccccc12)NC(=O)C(CCCN=C(N)N)NC(=O)C(Cc1ccccc1)NC(=O)C(CNC(=O)O)Cc1ccc(O)cc1. The molecule has 18 heteroatoms. The predicted molar refractivity (Wildman–Crippen MR) is 216 cm³/mol. The van der Waals surface area contributed by atoms with E-state index in [0.717, 1.165) is 15.8 Å². The smallest absolute Gasteiger partial charge is 0.404 e. The molecule has 0 aliphatic carbocycles. The number of nitrogens with zero attached hydrogens (tertiary/aromatic N) is 2. The number of aliphatic imine (C=N–C) groups is 1. The molecular weight excluding hydrogens is 749 g/mol. The van der Waals surface area contributed by atoms with Crippen molar-refractivity contribution >= 4 is 52.5 Å². The average Bonchev–Trinajstić information content (AvgIpc) is 3.59. The molecule has 0 fully saturated rings. The maximum absolute atomic E-state index is 14.2. The molecule has 18 nitrogen and oxygen atoms in total. The van der Waals surface area contributed by atoms with E-state index in [4.69, 9.17) is 17.2 Å². The van der Waals surface area contributed by atoms with Gasteiger partial charge < -0.3 is 58.6 Å². The quantitative estimate of drug-likeness (QED) is 0.0311. The number of phenolic OH excluding ortho intramolecular Hbond substituents is 1. The van der Waals surface area contributed by atoms with Crippen LogP contribution in [0.1, 0.15) is 29.5 Å². The normalized spacial score (nSPS) is 12.9. The van der Waals surface area contributed by atoms with Gasteiger partial charge in [-0.3, -0.25) is 29.0 Å². The van der Waals surface area contributed by atoms with Crippen molar-refractivity contribution in [3.8, 4) is 5.75 Å². The van der Waals surface area contributed by atoms with Crippen LogP contribution in [0.15, 0.2) is 90.1 Å². The number of para-hydroxylation sites is 1. The van der Waals surface area contributed by atoms with Crippen molar-refractivity contribution in [3.63, 3.8) is 0 Å². The van der Waals surface area contributed by atoms with Gasteiger partial charge in [-0.05, 0) is 54.2 Å². The number of aromatic hydroxyl groups is 1. The topological polar surface area (TPSA) is 300 Å². The number of aromatic nitrogens is 1. The first kappa shape index (κ1) is 43.6. The minimum absolute atomic E-state index is 0.00136. The molecule has 1 heterocycles. The van der Waals surface area contributed by atoms with Crippen molar-refractivity contribution in [2.75, 3.05) is 26.7 Å². The Kier molecular flexibility index (Phi) is 16.0. The first-order valence-corrected chi connectivity index (χ1v) is 18.5. The molecule has 0 saturated heterocycles. The number of nitrogens with two attached hydrogens (primary N) is 3. The van der Waals surface area contributed by atoms with E-state index < -0.39 is 66.2 Å². The molecule has 0 saturated carbocycles. The monoisotopic (exact) mass is 798 g/mol. The fourth-order valence-electron chi connectivity index (χ4n) is 6.35. The fraction of sp³-hybridized carbons (Fsp3) is 0.325. The third-order valence-electron chi connectivity index (χ3n) is 9.27. The lowest BCUT2D eigenvalue weighted by Gasteiger charge is -2.28. The molecule has 4 atom stereocenters. The number of H-pyrrole nitrogens is 1. The van der Waals surface area contributed by atoms with Crippen LogP contribution in [-0.4, -0.2) is 106 Å². The number of likely N-dealkylation sites (N-methyl/N-ethyl adjacent to an activating group) is 1. The van der Waals surface area contributed by atoms with Crippen LogP contribution in [0.5, 0.6) is 5.75 Å². The number of nitrogens with one attached hydrogen (secondary N) is 5. The summed E-state index contributed by atoms with van der Waals surface area (Å²) in [6.45, 7) is -0.581. The Morgan fingerprint density at radius 3 is 2.05 bits per heavy atom. The number of guanidine groups is 1. The number of benzene rings is 3. The number of aromatic amines is 1. The summed E-state index contributed by atoms with van der Waals surface area (Å²) in [5.41, 5.74) is 19.2. The number of phenols is 1. The van der Waals surface area contributed by atoms with E-state index in [1.807, 2.05) is 24.3 Å². The lowest BCUT2D eigenvalue weighted by Crippen LogP contribution is -2.58. The molecule has 0 bridgehead atoms. The number of fused-ring (bicyclic) bond motifs is 1. The first-order valence-electron chi connectivity index (χ1n) is 18.5. The van der Waals surface area contributed by atoms with Crippen LogP contribution in [-0.2, 0) is 43.2 Å². The van der Waals surface area contributed by atoms with Crippen molar-refractivity contribution in [1.29, 1.82) is 0 Å². The van der Waals surface area contributed by atoms with Crippen molar-refractivity contribution in [2.24, 2.45) is 28.1 Å². The number of carbonyl (C=O) groups excluding carboxylic acids is 5. The van der Waals surface area contributed by atoms with Crippen LogP contribution < -0.4 is 38.5 Å². The summed E-state index contributed by atoms with van der Waals surface area (Å²) < 4.78 is 0. The average molecular weight is 799 g/mol. The van der Waals surface area contributed by atoms with Gasteiger partial charge in [0.25, 0.3) is 0 Å². The second kappa shape index (κ2) is 21.3. The second-order valence-electron chi connectivity index (χ2n) is 13.8. The molecule has 0 aliphatic heterocycles. The Morgan fingerprint density at radius 1 is 0.759 bits per heavy atom. The van der Waals surface area contributed by atoms with Crippen LogP contribution in [0, 0.1) is 5.92 Å². The fourth-order valence-corrected chi connectivity index (χ4v) is 6.35. The van der Waals surface area contributed by atoms with Crippen LogP contribution in [0.2, 0.25) is 0 Å². The Morgan fingerprint density at radius 2 is 1.38 bits per heavy atom. The van der Waals surface area contributed by atoms with Gasteiger partial charge in [-0.2, -0.15) is 0 Å². The van der Waals surface area contributed by atoms with E-state index in [9.17, 15) is 39.0 Å². The molecule has 0 spiro atoms. The van der Waals surface area contributed by atoms with Gasteiger partial charge in [0.2, 0.25) is 29.5 Å². The summed E-state index contributed by atoms with van der Waals surface area (Å²) in [5, 5.41) is 30.4. The molecule has 13 N–H and O–H groups in total. The Hall–Kier alpha value is -7.11. The summed E-state index contributed by atoms with van der Waals surface area (Å²) in [7, 11) is 1.38. The van der Waals surface area contributed by atoms with Crippen molar-refractivity contribution in [3.05, 3.63) is 102 Å². The Labute approximate surface area is 334 Å². The summed E-state index contributed by atoms with van der Waals surface area (Å²) >= 11 is 0. The number of primary amides is 1. The highest BCUT2D eigenvalue weighted by molar-refractivity contribution is 5.96. The zero-order valence-electron chi connectivity index (χ0n) is 32.0. The van der Waals surface area contributed by atoms with Gasteiger partial charge in [0, 0.05) is 50.1 Å². The second-order valence-corrected chi connectivity index (χ2v) is 13.8. The third-order valence-corrected chi connectivity index (χ3v) is 9.27. The van der Waals surface area contributed by atoms with Crippen molar-refractivity contribution < 1.29 is 39.0 Å². The number of hydrogen-bond acceptors (Lipinski definition) is 8. The summed E-state index contributed by atoms with van der Waals surface area (Å²) in [6.07, 6.45) is 0.695. The standard InChI is InChI=1S/C40H50N10O8/c1-50(23-34(41)52)38(56)33(20-26-21-45-30-11-6-5-10-29(26)30)49-36(54)31(12-7-17-44-39(42)43)47-37(55)32(19-24-8-3-2-4-9-24)48-35(53)27(22-46-40(57)58)18-25-13-15-28(51)16-14-25/h2-6,8-11,13-16,21,27,31-33,45-46,51H,7,12,17-20,22-23H2,1H3,(H2,41,52)(H,47,55)(H,48,53)(H,49,54)(H,57,58)(H4,42,43,44). The van der Waals surface area contributed by atoms with Gasteiger partial charge in [-0.1, -0.05) is 60.7 Å². The molecule has 58 heavy (non-hydrogen) atoms. The number of amides is 6. The predicted octanol–water partition coefficient (Wildman–Crippen LogP) is 0.237. The number of hydrogen-bond donors (Lipinski definition) is 10. The summed E-state index contributed by atoms with van der Waals surface area (Å²) in [4.78, 5) is 87.4. The lowest BCUT2D eigenvalue weighted by molar-refractivity contribution is -0.138. The lowest BCUT2D eigenvalue weighted by atomic mass is 9.96. The first-order chi connectivity index (χ1) is 27.7. The van der Waals surface area contributed by atoms with Crippen LogP contribution in [0.3, 0.4) is 0 Å². The molecular formula is C40H50N10O8. The van der Waals surface area contributed by atoms with Crippen molar-refractivity contribution in [1.82, 2.24) is 31.2 Å². The van der Waals surface area contributed by atoms with E-state index in [2.05, 4.69) is 31.2 Å². The minimum Gasteiger partial charge on any atom is -0.508 e. The summed E-state index contributed by atoms with van der Waals surface area (Å²) in [5.74, 6) is -4.61. The third kappa shape index (κ3) is 13.6. The largest absolute Gasteiger partial charge is 0.508 e. The number of carbonyl (C=O) groups is 6. The molecule has 0 aliphatic rings. The van der Waals surface area contributed by atoms with Crippen LogP contribution in [0.25, 0.3) is 10.9 Å². The van der Waals surface area contributed by atoms with E-state index in [-0.39, 0.29) is 56.9 Å². The highest BCUT2D eigenvalue weighted by atomic mass is 16.4. The minimum atomic E-state index is -1.35. The number of rotatable bonds is 21. The molecule has 3 aromatic carbocycles. The molecule has 4 aromatic rings. The zero-order chi connectivity index (χ0) is 42.2. The molecule has 308 valence electrons. The molecule has 0 radical (unpaired) electrons. The van der Waals surface area contributed by atoms with Crippen LogP contribution in [0.4, 0.5) is 4.79 Å². The van der Waals surface area contributed by atoms with E-state index >= 15 is 0 Å². The Bertz CT molecular complexity index is 2070. The molecule has 6 amide bonds. The molecule has 1 aromatic heterocycles. The highest BCUT2D eigenvalue weighted by Crippen LogP contribution is 2.20. The maximum atomic E-state index is 14.2. The number of carboxylic acid groups (broad SMARTS) is 1. The van der Waals surface area contributed by atoms with Crippen molar-refractivity contribution in [2.45, 2.75) is 50.2 Å². The maximum Gasteiger partial charge on any atom is 0.404 e. The van der Waals surface area contributed by atoms with Gasteiger partial charge in [0.1, 0.15) is 23.9 Å². The summed E-state index contributed by atoms with van der Waals surface area (Å²) in [6, 6.07) is 18.6. The van der Waals surface area contributed by atoms with E-state index in [0.29, 0.717) is 16.7 Å². The van der Waals surface area contributed by atoms with Gasteiger partial charge in [0.05, 0.1) is 12.5 Å². The van der Waals surface area contributed by atoms with Gasteiger partial charge in [-0.25, -0.2) is 4.79 Å². The van der Waals surface area contributed by atoms with Gasteiger partial charge in [0.15, 0.2) is 5.96 Å². The van der Waals surface area contributed by atoms with E-state index in [1.54, 1.807) is 48.7 Å². The van der Waals surface area contributed by atoms with Gasteiger partial charge in [-0.15, -0.1) is 0 Å². The molecule has 4 rings (SSSR count). The van der Waals surface area contributed by atoms with Gasteiger partial charge >= 0.3 is 6.09 Å².